The van der Waals surface area contributed by atoms with Crippen LogP contribution in [0.4, 0.5) is 26.7 Å². The van der Waals surface area contributed by atoms with E-state index in [-0.39, 0.29) is 43.4 Å². The van der Waals surface area contributed by atoms with Gasteiger partial charge in [-0.2, -0.15) is 0 Å². The number of hydrogen-bond donors (Lipinski definition) is 4. The number of carbonyl (C=O) groups is 2. The summed E-state index contributed by atoms with van der Waals surface area (Å²) in [5, 5.41) is 17.2. The standard InChI is InChI=1S/C29H28O8S2.C20H17N3O5S.C2H6/c1-22-2-10-26(11-3-22)38(31,32)28-14-6-24(7-15-28)36-20-18-35-19-21-37-25-8-16-29(17-9-25)39(33,34)27-12-4-23(30)5-13-27;24-19(21-14-9-11-18(12-10-14)29(26)27)22-15-5-4-6-16(13-15)23-20(25)28-17-7-2-1-3-8-17;1-2/h2-17,30H,18-21H2,1H3;1-13H,(H,23,25)(H,26,27)(H2,21,22,24);1-2H3/p-1. The van der Waals surface area contributed by atoms with E-state index in [1.807, 2.05) is 26.8 Å². The Morgan fingerprint density at radius 1 is 0.529 bits per heavy atom. The van der Waals surface area contributed by atoms with Crippen LogP contribution in [0.15, 0.2) is 200 Å². The first-order valence-corrected chi connectivity index (χ1v) is 25.5. The average Bonchev–Trinajstić information content (AvgIpc) is 3.35. The fourth-order valence-electron chi connectivity index (χ4n) is 5.94. The Labute approximate surface area is 409 Å². The molecule has 70 heavy (non-hydrogen) atoms. The monoisotopic (exact) mass is 1010 g/mol. The lowest BCUT2D eigenvalue weighted by atomic mass is 10.2. The van der Waals surface area contributed by atoms with Gasteiger partial charge in [0, 0.05) is 22.0 Å². The third kappa shape index (κ3) is 16.3. The van der Waals surface area contributed by atoms with Crippen LogP contribution in [0.5, 0.6) is 23.0 Å². The summed E-state index contributed by atoms with van der Waals surface area (Å²) >= 11 is -2.33. The van der Waals surface area contributed by atoms with Gasteiger partial charge in [0.15, 0.2) is 0 Å². The van der Waals surface area contributed by atoms with E-state index in [0.717, 1.165) is 5.56 Å². The number of benzene rings is 7. The predicted molar refractivity (Wildman–Crippen MR) is 265 cm³/mol. The van der Waals surface area contributed by atoms with E-state index in [1.54, 1.807) is 97.1 Å². The molecule has 0 saturated carbocycles. The van der Waals surface area contributed by atoms with Gasteiger partial charge in [0.25, 0.3) is 0 Å². The van der Waals surface area contributed by atoms with Gasteiger partial charge in [-0.15, -0.1) is 0 Å². The number of aryl methyl sites for hydroxylation is 1. The lowest BCUT2D eigenvalue weighted by Crippen LogP contribution is -2.20. The highest BCUT2D eigenvalue weighted by Gasteiger charge is 2.19. The number of para-hydroxylation sites is 1. The molecule has 16 nitrogen and oxygen atoms in total. The number of rotatable bonds is 17. The van der Waals surface area contributed by atoms with Crippen molar-refractivity contribution in [3.8, 4) is 23.0 Å². The molecule has 0 aliphatic heterocycles. The predicted octanol–water partition coefficient (Wildman–Crippen LogP) is 10.0. The van der Waals surface area contributed by atoms with E-state index in [9.17, 15) is 40.3 Å². The molecule has 0 fully saturated rings. The SMILES string of the molecule is CC.Cc1ccc(S(=O)(=O)c2ccc(OCCOCCOc3ccc(S(=O)(=O)c4ccc(O)cc4)cc3)cc2)cc1.O=C(Nc1ccc(S(=O)[O-])cc1)Nc1cccc(NC(=O)Oc2ccccc2)c1. The molecule has 0 saturated heterocycles. The van der Waals surface area contributed by atoms with Gasteiger partial charge in [-0.3, -0.25) is 9.53 Å². The number of nitrogens with one attached hydrogen (secondary N) is 3. The molecular weight excluding hydrogens is 959 g/mol. The quantitative estimate of drug-likeness (QED) is 0.0491. The number of urea groups is 1. The summed E-state index contributed by atoms with van der Waals surface area (Å²) in [4.78, 5) is 24.8. The maximum Gasteiger partial charge on any atom is 0.417 e. The Balaban J connectivity index is 0.000000262. The third-order valence-electron chi connectivity index (χ3n) is 9.36. The highest BCUT2D eigenvalue weighted by atomic mass is 32.2. The maximum atomic E-state index is 12.7. The molecule has 19 heteroatoms. The number of hydrogen-bond acceptors (Lipinski definition) is 13. The number of amides is 3. The van der Waals surface area contributed by atoms with Crippen LogP contribution >= 0.6 is 0 Å². The molecule has 7 aromatic carbocycles. The van der Waals surface area contributed by atoms with E-state index < -0.39 is 42.9 Å². The van der Waals surface area contributed by atoms with Crippen molar-refractivity contribution >= 4 is 59.9 Å². The zero-order chi connectivity index (χ0) is 50.5. The van der Waals surface area contributed by atoms with Gasteiger partial charge in [-0.25, -0.2) is 26.4 Å². The number of ether oxygens (including phenoxy) is 4. The number of carbonyl (C=O) groups excluding carboxylic acids is 2. The summed E-state index contributed by atoms with van der Waals surface area (Å²) in [5.41, 5.74) is 2.29. The van der Waals surface area contributed by atoms with Crippen LogP contribution in [0.1, 0.15) is 19.4 Å². The van der Waals surface area contributed by atoms with Crippen molar-refractivity contribution < 1.29 is 59.2 Å². The molecular formula is C51H50N3O13S3-. The summed E-state index contributed by atoms with van der Waals surface area (Å²) in [5.74, 6) is 1.43. The number of sulfone groups is 2. The number of phenols is 1. The first-order valence-electron chi connectivity index (χ1n) is 21.5. The lowest BCUT2D eigenvalue weighted by molar-refractivity contribution is 0.0764. The Morgan fingerprint density at radius 3 is 1.46 bits per heavy atom. The Kier molecular flexibility index (Phi) is 20.0. The van der Waals surface area contributed by atoms with Crippen molar-refractivity contribution in [2.24, 2.45) is 0 Å². The summed E-state index contributed by atoms with van der Waals surface area (Å²) in [6.45, 7) is 7.03. The number of phenolic OH excluding ortho intramolecular Hbond substituents is 1. The minimum absolute atomic E-state index is 0.00710. The van der Waals surface area contributed by atoms with Gasteiger partial charge < -0.3 is 39.2 Å². The van der Waals surface area contributed by atoms with E-state index in [0.29, 0.717) is 47.5 Å². The van der Waals surface area contributed by atoms with E-state index >= 15 is 0 Å². The van der Waals surface area contributed by atoms with E-state index in [1.165, 1.54) is 72.8 Å². The van der Waals surface area contributed by atoms with E-state index in [4.69, 9.17) is 18.9 Å². The third-order valence-corrected chi connectivity index (χ3v) is 13.6. The van der Waals surface area contributed by atoms with Crippen molar-refractivity contribution in [2.45, 2.75) is 45.2 Å². The lowest BCUT2D eigenvalue weighted by Gasteiger charge is -2.11. The van der Waals surface area contributed by atoms with Crippen LogP contribution in [0.25, 0.3) is 0 Å². The molecule has 4 N–H and O–H groups in total. The highest BCUT2D eigenvalue weighted by molar-refractivity contribution is 7.91. The number of aromatic hydroxyl groups is 1. The van der Waals surface area contributed by atoms with Crippen LogP contribution in [0.3, 0.4) is 0 Å². The van der Waals surface area contributed by atoms with Gasteiger partial charge in [0.05, 0.1) is 32.8 Å². The molecule has 366 valence electrons. The molecule has 0 radical (unpaired) electrons. The fraction of sp³-hybridized carbons (Fsp3) is 0.137. The molecule has 0 spiro atoms. The van der Waals surface area contributed by atoms with Gasteiger partial charge in [-0.05, 0) is 158 Å². The summed E-state index contributed by atoms with van der Waals surface area (Å²) in [6.07, 6.45) is -0.659. The van der Waals surface area contributed by atoms with Crippen molar-refractivity contribution in [3.63, 3.8) is 0 Å². The zero-order valence-corrected chi connectivity index (χ0v) is 40.6. The molecule has 1 atom stereocenters. The first kappa shape index (κ1) is 53.4. The maximum absolute atomic E-state index is 12.7. The molecule has 0 aromatic heterocycles. The largest absolute Gasteiger partial charge is 0.768 e. The second-order valence-electron chi connectivity index (χ2n) is 14.3. The second kappa shape index (κ2) is 26.3. The molecule has 0 aliphatic rings. The molecule has 0 aliphatic carbocycles. The van der Waals surface area contributed by atoms with Crippen molar-refractivity contribution in [3.05, 3.63) is 181 Å². The van der Waals surface area contributed by atoms with Gasteiger partial charge in [-0.1, -0.05) is 55.8 Å². The first-order chi connectivity index (χ1) is 33.6. The molecule has 7 aromatic rings. The van der Waals surface area contributed by atoms with Crippen LogP contribution in [-0.2, 0) is 35.5 Å². The van der Waals surface area contributed by atoms with E-state index in [2.05, 4.69) is 16.0 Å². The van der Waals surface area contributed by atoms with Gasteiger partial charge >= 0.3 is 12.1 Å². The molecule has 0 bridgehead atoms. The minimum Gasteiger partial charge on any atom is -0.768 e. The van der Waals surface area contributed by atoms with Crippen LogP contribution < -0.4 is 30.2 Å². The fourth-order valence-corrected chi connectivity index (χ4v) is 8.82. The highest BCUT2D eigenvalue weighted by Crippen LogP contribution is 2.26. The molecule has 0 heterocycles. The smallest absolute Gasteiger partial charge is 0.417 e. The zero-order valence-electron chi connectivity index (χ0n) is 38.1. The average molecular weight is 1010 g/mol. The van der Waals surface area contributed by atoms with Crippen LogP contribution in [0, 0.1) is 6.92 Å². The van der Waals surface area contributed by atoms with Crippen LogP contribution in [-0.4, -0.2) is 69.3 Å². The van der Waals surface area contributed by atoms with Crippen molar-refractivity contribution in [1.29, 1.82) is 0 Å². The second-order valence-corrected chi connectivity index (χ2v) is 19.2. The Morgan fingerprint density at radius 2 is 0.971 bits per heavy atom. The Bertz CT molecular complexity index is 2890. The van der Waals surface area contributed by atoms with Crippen molar-refractivity contribution in [2.75, 3.05) is 42.4 Å². The minimum atomic E-state index is -3.69. The number of anilines is 3. The summed E-state index contributed by atoms with van der Waals surface area (Å²) in [7, 11) is -7.28. The molecule has 3 amide bonds. The van der Waals surface area contributed by atoms with Crippen LogP contribution in [0.2, 0.25) is 0 Å². The summed E-state index contributed by atoms with van der Waals surface area (Å²) < 4.78 is 94.4. The van der Waals surface area contributed by atoms with Gasteiger partial charge in [0.1, 0.15) is 36.2 Å². The topological polar surface area (TPSA) is 236 Å². The molecule has 7 rings (SSSR count). The Hall–Kier alpha value is -7.55. The van der Waals surface area contributed by atoms with Gasteiger partial charge in [0.2, 0.25) is 19.7 Å². The van der Waals surface area contributed by atoms with Crippen molar-refractivity contribution in [1.82, 2.24) is 0 Å². The molecule has 1 unspecified atom stereocenters. The normalized spacial score (nSPS) is 11.3. The summed E-state index contributed by atoms with van der Waals surface area (Å²) in [6, 6.07) is 44.7.